The summed E-state index contributed by atoms with van der Waals surface area (Å²) in [4.78, 5) is 33.9. The first-order valence-corrected chi connectivity index (χ1v) is 12.6. The molecule has 1 amide bonds. The van der Waals surface area contributed by atoms with Crippen molar-refractivity contribution in [2.24, 2.45) is 0 Å². The average molecular weight is 498 g/mol. The minimum absolute atomic E-state index is 0.00513. The highest BCUT2D eigenvalue weighted by molar-refractivity contribution is 7.99. The van der Waals surface area contributed by atoms with Gasteiger partial charge in [0.05, 0.1) is 12.1 Å². The maximum absolute atomic E-state index is 13.1. The van der Waals surface area contributed by atoms with Crippen LogP contribution in [0.3, 0.4) is 0 Å². The molecule has 0 saturated carbocycles. The van der Waals surface area contributed by atoms with E-state index >= 15 is 0 Å². The number of piperazine rings is 1. The fourth-order valence-corrected chi connectivity index (χ4v) is 4.58. The molecule has 0 atom stereocenters. The van der Waals surface area contributed by atoms with Gasteiger partial charge in [0.1, 0.15) is 29.5 Å². The Balaban J connectivity index is 1.29. The Labute approximate surface area is 207 Å². The van der Waals surface area contributed by atoms with Crippen molar-refractivity contribution < 1.29 is 18.3 Å². The van der Waals surface area contributed by atoms with Crippen LogP contribution in [0, 0.1) is 5.82 Å². The van der Waals surface area contributed by atoms with Gasteiger partial charge in [-0.05, 0) is 42.0 Å². The second-order valence-corrected chi connectivity index (χ2v) is 9.35. The van der Waals surface area contributed by atoms with Crippen molar-refractivity contribution in [2.75, 3.05) is 31.9 Å². The van der Waals surface area contributed by atoms with Gasteiger partial charge in [0.2, 0.25) is 11.2 Å². The van der Waals surface area contributed by atoms with Gasteiger partial charge in [-0.25, -0.2) is 9.37 Å². The predicted molar refractivity (Wildman–Crippen MR) is 132 cm³/mol. The fourth-order valence-electron chi connectivity index (χ4n) is 3.74. The van der Waals surface area contributed by atoms with Crippen molar-refractivity contribution >= 4 is 17.7 Å². The molecule has 7 nitrogen and oxygen atoms in total. The van der Waals surface area contributed by atoms with E-state index in [9.17, 15) is 14.0 Å². The number of nitrogens with zero attached hydrogens (tertiary/aromatic N) is 3. The number of ether oxygens (including phenoxy) is 1. The highest BCUT2D eigenvalue weighted by Crippen LogP contribution is 2.23. The maximum atomic E-state index is 13.1. The molecular formula is C26H28FN3O4S. The zero-order valence-corrected chi connectivity index (χ0v) is 20.4. The molecule has 1 aliphatic rings. The SMILES string of the molecule is CCCSc1ncccc1C(=O)N1CCN(Cc2cc(=O)c(OCc3ccc(F)cc3)co2)CC1. The second-order valence-electron chi connectivity index (χ2n) is 8.26. The summed E-state index contributed by atoms with van der Waals surface area (Å²) in [6, 6.07) is 11.0. The van der Waals surface area contributed by atoms with Gasteiger partial charge in [-0.1, -0.05) is 19.1 Å². The Morgan fingerprint density at radius 3 is 2.66 bits per heavy atom. The second kappa shape index (κ2) is 12.0. The molecule has 1 aromatic carbocycles. The first kappa shape index (κ1) is 24.9. The van der Waals surface area contributed by atoms with Gasteiger partial charge in [-0.3, -0.25) is 14.5 Å². The molecule has 0 radical (unpaired) electrons. The van der Waals surface area contributed by atoms with E-state index in [2.05, 4.69) is 16.8 Å². The average Bonchev–Trinajstić information content (AvgIpc) is 2.88. The molecule has 0 aliphatic carbocycles. The minimum Gasteiger partial charge on any atom is -0.482 e. The molecule has 9 heteroatoms. The number of pyridine rings is 1. The van der Waals surface area contributed by atoms with Crippen LogP contribution in [-0.2, 0) is 13.2 Å². The van der Waals surface area contributed by atoms with Crippen LogP contribution in [0.15, 0.2) is 69.2 Å². The van der Waals surface area contributed by atoms with Crippen LogP contribution in [0.5, 0.6) is 5.75 Å². The summed E-state index contributed by atoms with van der Waals surface area (Å²) < 4.78 is 24.2. The van der Waals surface area contributed by atoms with Crippen LogP contribution < -0.4 is 10.2 Å². The normalized spacial score (nSPS) is 14.2. The van der Waals surface area contributed by atoms with E-state index in [4.69, 9.17) is 9.15 Å². The number of aromatic nitrogens is 1. The number of hydrogen-bond donors (Lipinski definition) is 0. The summed E-state index contributed by atoms with van der Waals surface area (Å²) in [7, 11) is 0. The fraction of sp³-hybridized carbons (Fsp3) is 0.346. The van der Waals surface area contributed by atoms with Gasteiger partial charge in [0, 0.05) is 38.4 Å². The molecule has 0 unspecified atom stereocenters. The lowest BCUT2D eigenvalue weighted by molar-refractivity contribution is 0.0615. The summed E-state index contributed by atoms with van der Waals surface area (Å²) >= 11 is 1.61. The van der Waals surface area contributed by atoms with Gasteiger partial charge < -0.3 is 14.1 Å². The van der Waals surface area contributed by atoms with Crippen molar-refractivity contribution in [3.05, 3.63) is 87.9 Å². The summed E-state index contributed by atoms with van der Waals surface area (Å²) in [5, 5.41) is 0.783. The summed E-state index contributed by atoms with van der Waals surface area (Å²) in [6.45, 7) is 5.26. The summed E-state index contributed by atoms with van der Waals surface area (Å²) in [5.74, 6) is 1.25. The molecule has 1 fully saturated rings. The Morgan fingerprint density at radius 1 is 1.17 bits per heavy atom. The summed E-state index contributed by atoms with van der Waals surface area (Å²) in [5.41, 5.74) is 1.14. The van der Waals surface area contributed by atoms with E-state index in [1.165, 1.54) is 24.5 Å². The van der Waals surface area contributed by atoms with Crippen molar-refractivity contribution in [1.82, 2.24) is 14.8 Å². The highest BCUT2D eigenvalue weighted by atomic mass is 32.2. The first-order valence-electron chi connectivity index (χ1n) is 11.6. The molecule has 0 spiro atoms. The molecule has 4 rings (SSSR count). The van der Waals surface area contributed by atoms with E-state index < -0.39 is 0 Å². The number of benzene rings is 1. The lowest BCUT2D eigenvalue weighted by Crippen LogP contribution is -2.48. The van der Waals surface area contributed by atoms with Crippen molar-refractivity contribution in [2.45, 2.75) is 31.5 Å². The van der Waals surface area contributed by atoms with Crippen LogP contribution >= 0.6 is 11.8 Å². The van der Waals surface area contributed by atoms with E-state index in [1.54, 1.807) is 36.2 Å². The van der Waals surface area contributed by atoms with Crippen molar-refractivity contribution in [3.8, 4) is 5.75 Å². The molecule has 3 heterocycles. The topological polar surface area (TPSA) is 75.9 Å². The lowest BCUT2D eigenvalue weighted by atomic mass is 10.2. The predicted octanol–water partition coefficient (Wildman–Crippen LogP) is 4.21. The Kier molecular flexibility index (Phi) is 8.54. The van der Waals surface area contributed by atoms with Crippen molar-refractivity contribution in [1.29, 1.82) is 0 Å². The van der Waals surface area contributed by atoms with E-state index in [0.717, 1.165) is 22.8 Å². The molecule has 35 heavy (non-hydrogen) atoms. The first-order chi connectivity index (χ1) is 17.0. The molecule has 1 saturated heterocycles. The molecule has 0 N–H and O–H groups in total. The van der Waals surface area contributed by atoms with Crippen LogP contribution in [0.1, 0.15) is 35.0 Å². The molecule has 2 aromatic heterocycles. The van der Waals surface area contributed by atoms with E-state index in [0.29, 0.717) is 44.0 Å². The highest BCUT2D eigenvalue weighted by Gasteiger charge is 2.25. The van der Waals surface area contributed by atoms with Gasteiger partial charge in [-0.2, -0.15) is 0 Å². The van der Waals surface area contributed by atoms with Gasteiger partial charge in [-0.15, -0.1) is 11.8 Å². The van der Waals surface area contributed by atoms with Crippen LogP contribution in [0.25, 0.3) is 0 Å². The molecule has 1 aliphatic heterocycles. The van der Waals surface area contributed by atoms with Crippen LogP contribution in [0.4, 0.5) is 4.39 Å². The molecular weight excluding hydrogens is 469 g/mol. The zero-order valence-electron chi connectivity index (χ0n) is 19.6. The van der Waals surface area contributed by atoms with Gasteiger partial charge >= 0.3 is 0 Å². The van der Waals surface area contributed by atoms with Gasteiger partial charge in [0.25, 0.3) is 5.91 Å². The lowest BCUT2D eigenvalue weighted by Gasteiger charge is -2.34. The summed E-state index contributed by atoms with van der Waals surface area (Å²) in [6.07, 6.45) is 4.06. The number of halogens is 1. The van der Waals surface area contributed by atoms with Gasteiger partial charge in [0.15, 0.2) is 0 Å². The smallest absolute Gasteiger partial charge is 0.256 e. The molecule has 3 aromatic rings. The monoisotopic (exact) mass is 497 g/mol. The number of hydrogen-bond acceptors (Lipinski definition) is 7. The third-order valence-electron chi connectivity index (χ3n) is 5.64. The van der Waals surface area contributed by atoms with Crippen LogP contribution in [-0.4, -0.2) is 52.6 Å². The maximum Gasteiger partial charge on any atom is 0.256 e. The number of carbonyl (C=O) groups excluding carboxylic acids is 1. The number of amides is 1. The Bertz CT molecular complexity index is 1190. The van der Waals surface area contributed by atoms with E-state index in [-0.39, 0.29) is 29.5 Å². The number of rotatable bonds is 9. The minimum atomic E-state index is -0.324. The van der Waals surface area contributed by atoms with E-state index in [1.807, 2.05) is 11.0 Å². The molecule has 184 valence electrons. The molecule has 0 bridgehead atoms. The number of carbonyl (C=O) groups is 1. The zero-order chi connectivity index (χ0) is 24.6. The van der Waals surface area contributed by atoms with Crippen LogP contribution in [0.2, 0.25) is 0 Å². The third-order valence-corrected chi connectivity index (χ3v) is 6.85. The third kappa shape index (κ3) is 6.70. The Morgan fingerprint density at radius 2 is 1.94 bits per heavy atom. The largest absolute Gasteiger partial charge is 0.482 e. The Hall–Kier alpha value is -3.17. The standard InChI is InChI=1S/C26H28FN3O4S/c1-2-14-35-25-22(4-3-9-28-25)26(32)30-12-10-29(11-13-30)16-21-15-23(31)24(18-33-21)34-17-19-5-7-20(27)8-6-19/h3-9,15,18H,2,10-14,16-17H2,1H3. The quantitative estimate of drug-likeness (QED) is 0.410. The number of thioether (sulfide) groups is 1. The van der Waals surface area contributed by atoms with Crippen molar-refractivity contribution in [3.63, 3.8) is 0 Å².